The summed E-state index contributed by atoms with van der Waals surface area (Å²) in [6, 6.07) is 0. The highest BCUT2D eigenvalue weighted by Gasteiger charge is 2.34. The summed E-state index contributed by atoms with van der Waals surface area (Å²) in [5, 5.41) is 3.40. The van der Waals surface area contributed by atoms with E-state index >= 15 is 0 Å². The van der Waals surface area contributed by atoms with Gasteiger partial charge in [0.25, 0.3) is 5.91 Å². The molecule has 1 aromatic rings. The van der Waals surface area contributed by atoms with E-state index in [9.17, 15) is 9.59 Å². The van der Waals surface area contributed by atoms with E-state index in [1.54, 1.807) is 0 Å². The number of carbonyl (C=O) groups excluding carboxylic acids is 2. The summed E-state index contributed by atoms with van der Waals surface area (Å²) in [6.07, 6.45) is 4.21. The minimum atomic E-state index is -0.461. The normalized spacial score (nSPS) is 17.7. The molecule has 0 saturated carbocycles. The third-order valence-electron chi connectivity index (χ3n) is 5.10. The van der Waals surface area contributed by atoms with E-state index in [0.717, 1.165) is 31.2 Å². The summed E-state index contributed by atoms with van der Waals surface area (Å²) < 4.78 is 0. The van der Waals surface area contributed by atoms with Crippen LogP contribution in [-0.4, -0.2) is 17.7 Å². The number of nitrogens with one attached hydrogen (secondary N) is 1. The molecule has 4 nitrogen and oxygen atoms in total. The summed E-state index contributed by atoms with van der Waals surface area (Å²) in [5.41, 5.74) is 7.38. The van der Waals surface area contributed by atoms with Crippen LogP contribution in [0.25, 0.3) is 0 Å². The minimum Gasteiger partial charge on any atom is -0.365 e. The fourth-order valence-corrected chi connectivity index (χ4v) is 4.69. The van der Waals surface area contributed by atoms with Crippen LogP contribution < -0.4 is 11.1 Å². The standard InChI is InChI=1S/C17H25ClN2O2S/c1-4-17(2,3)10-5-6-11-12(9-10)23-16(14(11)15(19)22)20-13(21)7-8-18/h10H,4-9H2,1-3H3,(H2,19,22)(H,20,21). The monoisotopic (exact) mass is 356 g/mol. The highest BCUT2D eigenvalue weighted by atomic mass is 35.5. The topological polar surface area (TPSA) is 72.2 Å². The summed E-state index contributed by atoms with van der Waals surface area (Å²) >= 11 is 7.10. The van der Waals surface area contributed by atoms with Crippen LogP contribution in [0.3, 0.4) is 0 Å². The molecule has 2 amide bonds. The van der Waals surface area contributed by atoms with Gasteiger partial charge in [-0.25, -0.2) is 0 Å². The van der Waals surface area contributed by atoms with Crippen molar-refractivity contribution in [1.29, 1.82) is 0 Å². The molecule has 2 rings (SSSR count). The molecule has 23 heavy (non-hydrogen) atoms. The number of alkyl halides is 1. The Kier molecular flexibility index (Phi) is 5.74. The predicted molar refractivity (Wildman–Crippen MR) is 96.4 cm³/mol. The first kappa shape index (κ1) is 18.3. The fraction of sp³-hybridized carbons (Fsp3) is 0.647. The first-order valence-electron chi connectivity index (χ1n) is 8.10. The Morgan fingerprint density at radius 2 is 2.13 bits per heavy atom. The molecule has 1 aliphatic carbocycles. The fourth-order valence-electron chi connectivity index (χ4n) is 3.17. The van der Waals surface area contributed by atoms with Crippen molar-refractivity contribution in [1.82, 2.24) is 0 Å². The van der Waals surface area contributed by atoms with Crippen molar-refractivity contribution in [2.75, 3.05) is 11.2 Å². The van der Waals surface area contributed by atoms with Gasteiger partial charge in [0.1, 0.15) is 5.00 Å². The summed E-state index contributed by atoms with van der Waals surface area (Å²) in [6.45, 7) is 6.82. The Labute approximate surface area is 146 Å². The van der Waals surface area contributed by atoms with Crippen molar-refractivity contribution in [3.05, 3.63) is 16.0 Å². The Morgan fingerprint density at radius 1 is 1.43 bits per heavy atom. The Hall–Kier alpha value is -1.07. The smallest absolute Gasteiger partial charge is 0.251 e. The largest absolute Gasteiger partial charge is 0.365 e. The number of carbonyl (C=O) groups is 2. The third-order valence-corrected chi connectivity index (χ3v) is 6.46. The number of hydrogen-bond acceptors (Lipinski definition) is 3. The molecule has 1 unspecified atom stereocenters. The molecule has 1 heterocycles. The lowest BCUT2D eigenvalue weighted by atomic mass is 9.69. The van der Waals surface area contributed by atoms with Gasteiger partial charge in [0, 0.05) is 17.2 Å². The van der Waals surface area contributed by atoms with Gasteiger partial charge in [-0.2, -0.15) is 0 Å². The first-order valence-corrected chi connectivity index (χ1v) is 9.45. The van der Waals surface area contributed by atoms with E-state index in [0.29, 0.717) is 16.5 Å². The van der Waals surface area contributed by atoms with Gasteiger partial charge in [0.05, 0.1) is 5.56 Å². The molecule has 0 saturated heterocycles. The highest BCUT2D eigenvalue weighted by molar-refractivity contribution is 7.17. The van der Waals surface area contributed by atoms with E-state index in [2.05, 4.69) is 26.1 Å². The van der Waals surface area contributed by atoms with Crippen LogP contribution in [0, 0.1) is 11.3 Å². The number of halogens is 1. The number of fused-ring (bicyclic) bond motifs is 1. The van der Waals surface area contributed by atoms with E-state index in [1.807, 2.05) is 0 Å². The zero-order valence-corrected chi connectivity index (χ0v) is 15.6. The number of primary amides is 1. The van der Waals surface area contributed by atoms with Crippen molar-refractivity contribution in [2.45, 2.75) is 52.9 Å². The molecule has 6 heteroatoms. The molecule has 1 aromatic heterocycles. The zero-order valence-electron chi connectivity index (χ0n) is 14.0. The predicted octanol–water partition coefficient (Wildman–Crippen LogP) is 3.96. The highest BCUT2D eigenvalue weighted by Crippen LogP contribution is 2.45. The maximum absolute atomic E-state index is 11.9. The lowest BCUT2D eigenvalue weighted by Crippen LogP contribution is -2.29. The van der Waals surface area contributed by atoms with Crippen LogP contribution in [0.15, 0.2) is 0 Å². The maximum atomic E-state index is 11.9. The molecule has 3 N–H and O–H groups in total. The van der Waals surface area contributed by atoms with Crippen molar-refractivity contribution in [3.63, 3.8) is 0 Å². The molecular formula is C17H25ClN2O2S. The third kappa shape index (κ3) is 3.89. The van der Waals surface area contributed by atoms with Crippen molar-refractivity contribution in [2.24, 2.45) is 17.1 Å². The zero-order chi connectivity index (χ0) is 17.2. The molecule has 1 aliphatic rings. The lowest BCUT2D eigenvalue weighted by molar-refractivity contribution is -0.115. The maximum Gasteiger partial charge on any atom is 0.251 e. The van der Waals surface area contributed by atoms with Gasteiger partial charge in [-0.15, -0.1) is 22.9 Å². The van der Waals surface area contributed by atoms with Crippen LogP contribution >= 0.6 is 22.9 Å². The van der Waals surface area contributed by atoms with Crippen molar-refractivity contribution < 1.29 is 9.59 Å². The number of rotatable bonds is 6. The molecule has 0 fully saturated rings. The van der Waals surface area contributed by atoms with Gasteiger partial charge in [-0.3, -0.25) is 9.59 Å². The van der Waals surface area contributed by atoms with Crippen LogP contribution in [0.1, 0.15) is 60.8 Å². The van der Waals surface area contributed by atoms with Gasteiger partial charge >= 0.3 is 0 Å². The number of anilines is 1. The Bertz CT molecular complexity index is 610. The first-order chi connectivity index (χ1) is 10.8. The summed E-state index contributed by atoms with van der Waals surface area (Å²) in [4.78, 5) is 24.9. The van der Waals surface area contributed by atoms with Gasteiger partial charge < -0.3 is 11.1 Å². The Balaban J connectivity index is 2.31. The van der Waals surface area contributed by atoms with E-state index in [4.69, 9.17) is 17.3 Å². The molecule has 1 atom stereocenters. The molecule has 0 aromatic carbocycles. The SMILES string of the molecule is CCC(C)(C)C1CCc2c(sc(NC(=O)CCCl)c2C(N)=O)C1. The molecule has 128 valence electrons. The van der Waals surface area contributed by atoms with Gasteiger partial charge in [0.2, 0.25) is 5.91 Å². The lowest BCUT2D eigenvalue weighted by Gasteiger charge is -2.36. The van der Waals surface area contributed by atoms with Crippen LogP contribution in [0.5, 0.6) is 0 Å². The summed E-state index contributed by atoms with van der Waals surface area (Å²) in [7, 11) is 0. The Morgan fingerprint density at radius 3 is 2.70 bits per heavy atom. The second-order valence-electron chi connectivity index (χ2n) is 6.84. The quantitative estimate of drug-likeness (QED) is 0.757. The number of nitrogens with two attached hydrogens (primary N) is 1. The average molecular weight is 357 g/mol. The van der Waals surface area contributed by atoms with Gasteiger partial charge in [0.15, 0.2) is 0 Å². The minimum absolute atomic E-state index is 0.175. The van der Waals surface area contributed by atoms with E-state index in [-0.39, 0.29) is 23.6 Å². The van der Waals surface area contributed by atoms with E-state index < -0.39 is 5.91 Å². The van der Waals surface area contributed by atoms with Gasteiger partial charge in [-0.1, -0.05) is 27.2 Å². The number of thiophene rings is 1. The average Bonchev–Trinajstić information content (AvgIpc) is 2.84. The second kappa shape index (κ2) is 7.22. The van der Waals surface area contributed by atoms with Crippen molar-refractivity contribution >= 4 is 39.8 Å². The second-order valence-corrected chi connectivity index (χ2v) is 8.32. The van der Waals surface area contributed by atoms with Crippen LogP contribution in [0.4, 0.5) is 5.00 Å². The molecule has 0 aliphatic heterocycles. The van der Waals surface area contributed by atoms with E-state index in [1.165, 1.54) is 16.2 Å². The van der Waals surface area contributed by atoms with Crippen LogP contribution in [-0.2, 0) is 17.6 Å². The van der Waals surface area contributed by atoms with Crippen LogP contribution in [0.2, 0.25) is 0 Å². The molecule has 0 bridgehead atoms. The van der Waals surface area contributed by atoms with Crippen molar-refractivity contribution in [3.8, 4) is 0 Å². The van der Waals surface area contributed by atoms with Gasteiger partial charge in [-0.05, 0) is 36.2 Å². The molecular weight excluding hydrogens is 332 g/mol. The molecule has 0 radical (unpaired) electrons. The molecule has 0 spiro atoms. The number of hydrogen-bond donors (Lipinski definition) is 2. The summed E-state index contributed by atoms with van der Waals surface area (Å²) in [5.74, 6) is 0.212. The number of amides is 2.